The summed E-state index contributed by atoms with van der Waals surface area (Å²) in [5, 5.41) is 3.09. The summed E-state index contributed by atoms with van der Waals surface area (Å²) in [4.78, 5) is 14.8. The Morgan fingerprint density at radius 2 is 1.91 bits per heavy atom. The van der Waals surface area contributed by atoms with Crippen molar-refractivity contribution in [2.45, 2.75) is 47.1 Å². The maximum absolute atomic E-state index is 12.4. The molecular formula is C18H31N3O. The SMILES string of the molecule is CCN(CC)C(CNC(=O)c1cc(N)ccc1C)CC(C)C. The molecule has 22 heavy (non-hydrogen) atoms. The molecule has 0 aliphatic carbocycles. The number of nitrogens with zero attached hydrogens (tertiary/aromatic N) is 1. The number of hydrogen-bond acceptors (Lipinski definition) is 3. The molecule has 1 aromatic carbocycles. The molecule has 1 aromatic rings. The smallest absolute Gasteiger partial charge is 0.251 e. The van der Waals surface area contributed by atoms with Gasteiger partial charge in [-0.1, -0.05) is 33.8 Å². The topological polar surface area (TPSA) is 58.4 Å². The third kappa shape index (κ3) is 5.34. The van der Waals surface area contributed by atoms with Gasteiger partial charge in [-0.15, -0.1) is 0 Å². The molecule has 124 valence electrons. The van der Waals surface area contributed by atoms with E-state index in [0.29, 0.717) is 29.8 Å². The first-order valence-corrected chi connectivity index (χ1v) is 8.27. The normalized spacial score (nSPS) is 12.7. The van der Waals surface area contributed by atoms with Crippen LogP contribution in [-0.2, 0) is 0 Å². The van der Waals surface area contributed by atoms with E-state index in [2.05, 4.69) is 37.9 Å². The molecular weight excluding hydrogens is 274 g/mol. The third-order valence-corrected chi connectivity index (χ3v) is 4.08. The average molecular weight is 305 g/mol. The Kier molecular flexibility index (Phi) is 7.39. The van der Waals surface area contributed by atoms with E-state index >= 15 is 0 Å². The molecule has 0 aliphatic rings. The van der Waals surface area contributed by atoms with Gasteiger partial charge in [0, 0.05) is 23.8 Å². The predicted octanol–water partition coefficient (Wildman–Crippen LogP) is 3.06. The van der Waals surface area contributed by atoms with E-state index in [1.54, 1.807) is 6.07 Å². The second kappa shape index (κ2) is 8.79. The molecule has 0 saturated heterocycles. The second-order valence-electron chi connectivity index (χ2n) is 6.29. The van der Waals surface area contributed by atoms with Crippen LogP contribution in [0, 0.1) is 12.8 Å². The average Bonchev–Trinajstić information content (AvgIpc) is 2.47. The van der Waals surface area contributed by atoms with Crippen molar-refractivity contribution in [3.8, 4) is 0 Å². The zero-order valence-corrected chi connectivity index (χ0v) is 14.6. The summed E-state index contributed by atoms with van der Waals surface area (Å²) in [7, 11) is 0. The number of anilines is 1. The summed E-state index contributed by atoms with van der Waals surface area (Å²) in [6, 6.07) is 5.84. The van der Waals surface area contributed by atoms with Crippen molar-refractivity contribution in [3.05, 3.63) is 29.3 Å². The molecule has 4 nitrogen and oxygen atoms in total. The number of hydrogen-bond donors (Lipinski definition) is 2. The van der Waals surface area contributed by atoms with Crippen LogP contribution in [0.1, 0.15) is 50.0 Å². The van der Waals surface area contributed by atoms with Gasteiger partial charge in [-0.3, -0.25) is 9.69 Å². The van der Waals surface area contributed by atoms with E-state index in [0.717, 1.165) is 25.1 Å². The van der Waals surface area contributed by atoms with Crippen molar-refractivity contribution in [1.29, 1.82) is 0 Å². The van der Waals surface area contributed by atoms with E-state index in [1.165, 1.54) is 0 Å². The van der Waals surface area contributed by atoms with E-state index in [-0.39, 0.29) is 5.91 Å². The standard InChI is InChI=1S/C18H31N3O/c1-6-21(7-2)16(10-13(3)4)12-20-18(22)17-11-15(19)9-8-14(17)5/h8-9,11,13,16H,6-7,10,12,19H2,1-5H3,(H,20,22). The number of nitrogens with two attached hydrogens (primary N) is 1. The molecule has 0 heterocycles. The lowest BCUT2D eigenvalue weighted by Crippen LogP contribution is -2.44. The minimum Gasteiger partial charge on any atom is -0.399 e. The Balaban J connectivity index is 2.74. The van der Waals surface area contributed by atoms with Crippen LogP contribution in [-0.4, -0.2) is 36.5 Å². The van der Waals surface area contributed by atoms with E-state index in [4.69, 9.17) is 5.73 Å². The van der Waals surface area contributed by atoms with Gasteiger partial charge in [0.2, 0.25) is 0 Å². The highest BCUT2D eigenvalue weighted by Crippen LogP contribution is 2.14. The number of rotatable bonds is 8. The summed E-state index contributed by atoms with van der Waals surface area (Å²) >= 11 is 0. The van der Waals surface area contributed by atoms with Crippen LogP contribution in [0.4, 0.5) is 5.69 Å². The van der Waals surface area contributed by atoms with Gasteiger partial charge in [-0.05, 0) is 50.0 Å². The van der Waals surface area contributed by atoms with Gasteiger partial charge < -0.3 is 11.1 Å². The van der Waals surface area contributed by atoms with Crippen LogP contribution in [0.5, 0.6) is 0 Å². The summed E-state index contributed by atoms with van der Waals surface area (Å²) in [5.41, 5.74) is 8.04. The van der Waals surface area contributed by atoms with Crippen molar-refractivity contribution in [1.82, 2.24) is 10.2 Å². The Labute approximate surface area is 135 Å². The molecule has 1 amide bonds. The van der Waals surface area contributed by atoms with Crippen LogP contribution in [0.2, 0.25) is 0 Å². The number of nitrogens with one attached hydrogen (secondary N) is 1. The fourth-order valence-corrected chi connectivity index (χ4v) is 2.84. The summed E-state index contributed by atoms with van der Waals surface area (Å²) in [5.74, 6) is 0.572. The molecule has 3 N–H and O–H groups in total. The Bertz CT molecular complexity index is 481. The number of carbonyl (C=O) groups excluding carboxylic acids is 1. The first kappa shape index (κ1) is 18.5. The van der Waals surface area contributed by atoms with Crippen LogP contribution >= 0.6 is 0 Å². The molecule has 0 fully saturated rings. The maximum atomic E-state index is 12.4. The molecule has 0 radical (unpaired) electrons. The molecule has 1 atom stereocenters. The second-order valence-corrected chi connectivity index (χ2v) is 6.29. The minimum atomic E-state index is -0.0364. The van der Waals surface area contributed by atoms with Crippen molar-refractivity contribution in [2.75, 3.05) is 25.4 Å². The zero-order chi connectivity index (χ0) is 16.7. The van der Waals surface area contributed by atoms with Gasteiger partial charge in [-0.2, -0.15) is 0 Å². The highest BCUT2D eigenvalue weighted by atomic mass is 16.1. The molecule has 1 rings (SSSR count). The molecule has 0 aliphatic heterocycles. The molecule has 0 aromatic heterocycles. The first-order chi connectivity index (χ1) is 10.4. The van der Waals surface area contributed by atoms with Gasteiger partial charge in [0.1, 0.15) is 0 Å². The molecule has 0 saturated carbocycles. The molecule has 0 bridgehead atoms. The van der Waals surface area contributed by atoms with Crippen LogP contribution < -0.4 is 11.1 Å². The number of amides is 1. The van der Waals surface area contributed by atoms with Gasteiger partial charge in [0.25, 0.3) is 5.91 Å². The number of carbonyl (C=O) groups is 1. The quantitative estimate of drug-likeness (QED) is 0.726. The van der Waals surface area contributed by atoms with Crippen LogP contribution in [0.3, 0.4) is 0 Å². The van der Waals surface area contributed by atoms with E-state index in [1.807, 2.05) is 19.1 Å². The number of benzene rings is 1. The van der Waals surface area contributed by atoms with Crippen molar-refractivity contribution in [2.24, 2.45) is 5.92 Å². The Hall–Kier alpha value is -1.55. The van der Waals surface area contributed by atoms with E-state index < -0.39 is 0 Å². The summed E-state index contributed by atoms with van der Waals surface area (Å²) < 4.78 is 0. The molecule has 0 spiro atoms. The Morgan fingerprint density at radius 1 is 1.27 bits per heavy atom. The Morgan fingerprint density at radius 3 is 2.45 bits per heavy atom. The van der Waals surface area contributed by atoms with E-state index in [9.17, 15) is 4.79 Å². The van der Waals surface area contributed by atoms with Gasteiger partial charge >= 0.3 is 0 Å². The van der Waals surface area contributed by atoms with Gasteiger partial charge in [0.15, 0.2) is 0 Å². The fraction of sp³-hybridized carbons (Fsp3) is 0.611. The molecule has 4 heteroatoms. The van der Waals surface area contributed by atoms with Gasteiger partial charge in [-0.25, -0.2) is 0 Å². The lowest BCUT2D eigenvalue weighted by atomic mass is 10.0. The number of nitrogen functional groups attached to an aromatic ring is 1. The largest absolute Gasteiger partial charge is 0.399 e. The minimum absolute atomic E-state index is 0.0364. The highest BCUT2D eigenvalue weighted by Gasteiger charge is 2.19. The number of aryl methyl sites for hydroxylation is 1. The first-order valence-electron chi connectivity index (χ1n) is 8.27. The summed E-state index contributed by atoms with van der Waals surface area (Å²) in [6.07, 6.45) is 1.08. The predicted molar refractivity (Wildman–Crippen MR) is 94.1 cm³/mol. The number of likely N-dealkylation sites (N-methyl/N-ethyl adjacent to an activating group) is 1. The van der Waals surface area contributed by atoms with Crippen molar-refractivity contribution in [3.63, 3.8) is 0 Å². The third-order valence-electron chi connectivity index (χ3n) is 4.08. The lowest BCUT2D eigenvalue weighted by Gasteiger charge is -2.31. The lowest BCUT2D eigenvalue weighted by molar-refractivity contribution is 0.0928. The molecule has 1 unspecified atom stereocenters. The monoisotopic (exact) mass is 305 g/mol. The summed E-state index contributed by atoms with van der Waals surface area (Å²) in [6.45, 7) is 13.4. The van der Waals surface area contributed by atoms with Crippen LogP contribution in [0.15, 0.2) is 18.2 Å². The van der Waals surface area contributed by atoms with Gasteiger partial charge in [0.05, 0.1) is 0 Å². The fourth-order valence-electron chi connectivity index (χ4n) is 2.84. The van der Waals surface area contributed by atoms with Crippen LogP contribution in [0.25, 0.3) is 0 Å². The zero-order valence-electron chi connectivity index (χ0n) is 14.6. The maximum Gasteiger partial charge on any atom is 0.251 e. The van der Waals surface area contributed by atoms with Crippen molar-refractivity contribution >= 4 is 11.6 Å². The van der Waals surface area contributed by atoms with Crippen molar-refractivity contribution < 1.29 is 4.79 Å². The highest BCUT2D eigenvalue weighted by molar-refractivity contribution is 5.96.